The average Bonchev–Trinajstić information content (AvgIpc) is 1.98. The molecular formula is C8H15N2O2. The second kappa shape index (κ2) is 4.74. The van der Waals surface area contributed by atoms with Gasteiger partial charge in [0.25, 0.3) is 0 Å². The predicted octanol–water partition coefficient (Wildman–Crippen LogP) is -0.0655. The van der Waals surface area contributed by atoms with Crippen molar-refractivity contribution in [3.05, 3.63) is 5.92 Å². The Morgan fingerprint density at radius 1 is 1.33 bits per heavy atom. The van der Waals surface area contributed by atoms with Gasteiger partial charge in [0.15, 0.2) is 0 Å². The zero-order valence-electron chi connectivity index (χ0n) is 7.76. The molecule has 0 bridgehead atoms. The number of hydrogen-bond donors (Lipinski definition) is 1. The molecule has 0 saturated carbocycles. The lowest BCUT2D eigenvalue weighted by atomic mass is 10.0. The van der Waals surface area contributed by atoms with Crippen molar-refractivity contribution >= 4 is 11.8 Å². The van der Waals surface area contributed by atoms with Crippen molar-refractivity contribution in [3.8, 4) is 0 Å². The number of nitrogens with zero attached hydrogens (tertiary/aromatic N) is 1. The van der Waals surface area contributed by atoms with Gasteiger partial charge in [-0.25, -0.2) is 0 Å². The molecular weight excluding hydrogens is 156 g/mol. The van der Waals surface area contributed by atoms with Crippen LogP contribution in [0, 0.1) is 5.92 Å². The van der Waals surface area contributed by atoms with Gasteiger partial charge in [-0.3, -0.25) is 9.59 Å². The number of nitrogens with two attached hydrogens (primary N) is 1. The molecule has 0 spiro atoms. The largest absolute Gasteiger partial charge is 0.370 e. The van der Waals surface area contributed by atoms with Gasteiger partial charge in [0.1, 0.15) is 0 Å². The summed E-state index contributed by atoms with van der Waals surface area (Å²) in [6.45, 7) is 1.83. The second-order valence-electron chi connectivity index (χ2n) is 2.80. The van der Waals surface area contributed by atoms with Gasteiger partial charge in [-0.05, 0) is 6.42 Å². The van der Waals surface area contributed by atoms with Crippen molar-refractivity contribution in [1.29, 1.82) is 0 Å². The summed E-state index contributed by atoms with van der Waals surface area (Å²) in [6, 6.07) is 0. The molecule has 0 aliphatic rings. The number of primary amides is 1. The Labute approximate surface area is 72.7 Å². The maximum atomic E-state index is 11.3. The first-order chi connectivity index (χ1) is 5.49. The highest BCUT2D eigenvalue weighted by atomic mass is 16.2. The zero-order valence-corrected chi connectivity index (χ0v) is 7.76. The third-order valence-corrected chi connectivity index (χ3v) is 1.52. The lowest BCUT2D eigenvalue weighted by Gasteiger charge is -2.16. The van der Waals surface area contributed by atoms with Gasteiger partial charge in [-0.1, -0.05) is 6.92 Å². The summed E-state index contributed by atoms with van der Waals surface area (Å²) >= 11 is 0. The molecule has 0 aromatic carbocycles. The molecule has 12 heavy (non-hydrogen) atoms. The molecule has 0 rings (SSSR count). The van der Waals surface area contributed by atoms with Crippen molar-refractivity contribution in [2.45, 2.75) is 19.8 Å². The van der Waals surface area contributed by atoms with Crippen molar-refractivity contribution in [1.82, 2.24) is 4.90 Å². The molecule has 0 aliphatic carbocycles. The van der Waals surface area contributed by atoms with E-state index in [1.54, 1.807) is 14.1 Å². The minimum absolute atomic E-state index is 0.0630. The Morgan fingerprint density at radius 3 is 2.08 bits per heavy atom. The van der Waals surface area contributed by atoms with Crippen LogP contribution in [0.4, 0.5) is 0 Å². The number of carbonyl (C=O) groups excluding carboxylic acids is 2. The predicted molar refractivity (Wildman–Crippen MR) is 46.0 cm³/mol. The maximum Gasteiger partial charge on any atom is 0.229 e. The quantitative estimate of drug-likeness (QED) is 0.643. The molecule has 2 N–H and O–H groups in total. The fourth-order valence-corrected chi connectivity index (χ4v) is 0.878. The van der Waals surface area contributed by atoms with Crippen molar-refractivity contribution in [2.24, 2.45) is 5.73 Å². The van der Waals surface area contributed by atoms with Crippen LogP contribution in [0.5, 0.6) is 0 Å². The van der Waals surface area contributed by atoms with Crippen LogP contribution >= 0.6 is 0 Å². The summed E-state index contributed by atoms with van der Waals surface area (Å²) in [5.41, 5.74) is 4.98. The maximum absolute atomic E-state index is 11.3. The summed E-state index contributed by atoms with van der Waals surface area (Å²) in [7, 11) is 3.30. The van der Waals surface area contributed by atoms with E-state index in [-0.39, 0.29) is 12.3 Å². The summed E-state index contributed by atoms with van der Waals surface area (Å²) < 4.78 is 0. The van der Waals surface area contributed by atoms with Crippen LogP contribution in [-0.2, 0) is 9.59 Å². The fraction of sp³-hybridized carbons (Fsp3) is 0.625. The normalized spacial score (nSPS) is 10.0. The lowest BCUT2D eigenvalue weighted by Crippen LogP contribution is -2.30. The zero-order chi connectivity index (χ0) is 9.72. The second-order valence-corrected chi connectivity index (χ2v) is 2.80. The molecule has 69 valence electrons. The standard InChI is InChI=1S/C8H15N2O2/c1-4-6(5-7(9)11)8(12)10(2)3/h4-5H2,1-3H3,(H2,9,11). The van der Waals surface area contributed by atoms with Crippen LogP contribution in [0.3, 0.4) is 0 Å². The van der Waals surface area contributed by atoms with E-state index in [4.69, 9.17) is 5.73 Å². The topological polar surface area (TPSA) is 63.4 Å². The number of carbonyl (C=O) groups is 2. The van der Waals surface area contributed by atoms with Gasteiger partial charge in [0, 0.05) is 20.5 Å². The minimum atomic E-state index is -0.456. The highest BCUT2D eigenvalue weighted by Crippen LogP contribution is 2.12. The Balaban J connectivity index is 4.15. The van der Waals surface area contributed by atoms with E-state index in [0.29, 0.717) is 12.3 Å². The number of hydrogen-bond acceptors (Lipinski definition) is 2. The molecule has 4 heteroatoms. The first kappa shape index (κ1) is 10.9. The van der Waals surface area contributed by atoms with Crippen LogP contribution in [0.2, 0.25) is 0 Å². The third kappa shape index (κ3) is 3.37. The van der Waals surface area contributed by atoms with Gasteiger partial charge in [-0.2, -0.15) is 0 Å². The third-order valence-electron chi connectivity index (χ3n) is 1.52. The summed E-state index contributed by atoms with van der Waals surface area (Å²) in [5, 5.41) is 0. The van der Waals surface area contributed by atoms with E-state index in [2.05, 4.69) is 0 Å². The van der Waals surface area contributed by atoms with E-state index >= 15 is 0 Å². The Morgan fingerprint density at radius 2 is 1.83 bits per heavy atom. The Hall–Kier alpha value is -1.06. The van der Waals surface area contributed by atoms with E-state index in [1.807, 2.05) is 6.92 Å². The van der Waals surface area contributed by atoms with E-state index in [9.17, 15) is 9.59 Å². The number of rotatable bonds is 4. The van der Waals surface area contributed by atoms with Crippen LogP contribution in [-0.4, -0.2) is 30.8 Å². The van der Waals surface area contributed by atoms with Crippen LogP contribution in [0.25, 0.3) is 0 Å². The highest BCUT2D eigenvalue weighted by Gasteiger charge is 2.20. The molecule has 0 aromatic heterocycles. The molecule has 0 fully saturated rings. The van der Waals surface area contributed by atoms with Crippen LogP contribution in [0.1, 0.15) is 19.8 Å². The first-order valence-corrected chi connectivity index (χ1v) is 3.83. The molecule has 4 nitrogen and oxygen atoms in total. The van der Waals surface area contributed by atoms with Crippen LogP contribution in [0.15, 0.2) is 0 Å². The van der Waals surface area contributed by atoms with E-state index in [1.165, 1.54) is 4.90 Å². The van der Waals surface area contributed by atoms with Gasteiger partial charge < -0.3 is 10.6 Å². The van der Waals surface area contributed by atoms with Crippen molar-refractivity contribution in [2.75, 3.05) is 14.1 Å². The molecule has 0 aliphatic heterocycles. The summed E-state index contributed by atoms with van der Waals surface area (Å²) in [6.07, 6.45) is 0.632. The molecule has 0 saturated heterocycles. The molecule has 0 atom stereocenters. The van der Waals surface area contributed by atoms with Crippen LogP contribution < -0.4 is 5.73 Å². The van der Waals surface area contributed by atoms with Crippen molar-refractivity contribution < 1.29 is 9.59 Å². The highest BCUT2D eigenvalue weighted by molar-refractivity contribution is 5.94. The van der Waals surface area contributed by atoms with E-state index < -0.39 is 5.91 Å². The fourth-order valence-electron chi connectivity index (χ4n) is 0.878. The molecule has 0 heterocycles. The summed E-state index contributed by atoms with van der Waals surface area (Å²) in [4.78, 5) is 23.3. The Bertz CT molecular complexity index is 178. The molecule has 2 amide bonds. The smallest absolute Gasteiger partial charge is 0.229 e. The summed E-state index contributed by atoms with van der Waals surface area (Å²) in [5.74, 6) is -0.00847. The lowest BCUT2D eigenvalue weighted by molar-refractivity contribution is -0.129. The van der Waals surface area contributed by atoms with Gasteiger partial charge in [0.2, 0.25) is 11.8 Å². The molecule has 1 radical (unpaired) electrons. The average molecular weight is 171 g/mol. The monoisotopic (exact) mass is 171 g/mol. The van der Waals surface area contributed by atoms with Gasteiger partial charge in [-0.15, -0.1) is 0 Å². The molecule has 0 unspecified atom stereocenters. The molecule has 0 aromatic rings. The van der Waals surface area contributed by atoms with Gasteiger partial charge in [0.05, 0.1) is 5.92 Å². The van der Waals surface area contributed by atoms with Gasteiger partial charge >= 0.3 is 0 Å². The SMILES string of the molecule is CC[C](CC(N)=O)C(=O)N(C)C. The number of amides is 2. The van der Waals surface area contributed by atoms with E-state index in [0.717, 1.165) is 0 Å². The first-order valence-electron chi connectivity index (χ1n) is 3.83. The van der Waals surface area contributed by atoms with Crippen molar-refractivity contribution in [3.63, 3.8) is 0 Å². The minimum Gasteiger partial charge on any atom is -0.370 e. The Kier molecular flexibility index (Phi) is 4.33.